The summed E-state index contributed by atoms with van der Waals surface area (Å²) in [5.74, 6) is 0.538. The Bertz CT molecular complexity index is 557. The maximum Gasteiger partial charge on any atom is 0.0406 e. The quantitative estimate of drug-likeness (QED) is 0.768. The third kappa shape index (κ3) is 3.85. The lowest BCUT2D eigenvalue weighted by Crippen LogP contribution is -2.25. The summed E-state index contributed by atoms with van der Waals surface area (Å²) in [6, 6.07) is 10.8. The van der Waals surface area contributed by atoms with E-state index in [0.717, 1.165) is 11.6 Å². The number of rotatable bonds is 5. The van der Waals surface area contributed by atoms with Gasteiger partial charge in [-0.25, -0.2) is 0 Å². The predicted octanol–water partition coefficient (Wildman–Crippen LogP) is 5.51. The van der Waals surface area contributed by atoms with Gasteiger partial charge in [-0.1, -0.05) is 37.6 Å². The molecule has 1 nitrogen and oxygen atoms in total. The number of thiophene rings is 1. The van der Waals surface area contributed by atoms with Crippen molar-refractivity contribution in [2.45, 2.75) is 40.3 Å². The van der Waals surface area contributed by atoms with Gasteiger partial charge < -0.3 is 5.32 Å². The second-order valence-corrected chi connectivity index (χ2v) is 7.49. The number of hydrogen-bond donors (Lipinski definition) is 1. The zero-order valence-corrected chi connectivity index (χ0v) is 14.1. The number of benzene rings is 1. The summed E-state index contributed by atoms with van der Waals surface area (Å²) >= 11 is 7.84. The fourth-order valence-corrected chi connectivity index (χ4v) is 3.56. The van der Waals surface area contributed by atoms with Gasteiger partial charge in [-0.3, -0.25) is 0 Å². The molecule has 108 valence electrons. The molecule has 2 rings (SSSR count). The molecule has 1 unspecified atom stereocenters. The number of nitrogens with one attached hydrogen (secondary N) is 1. The van der Waals surface area contributed by atoms with Gasteiger partial charge >= 0.3 is 0 Å². The molecule has 20 heavy (non-hydrogen) atoms. The molecule has 0 aliphatic rings. The van der Waals surface area contributed by atoms with E-state index in [4.69, 9.17) is 11.6 Å². The highest BCUT2D eigenvalue weighted by molar-refractivity contribution is 7.12. The van der Waals surface area contributed by atoms with Crippen LogP contribution in [0.1, 0.15) is 40.8 Å². The van der Waals surface area contributed by atoms with Crippen LogP contribution in [-0.2, 0) is 6.54 Å². The molecule has 0 bridgehead atoms. The van der Waals surface area contributed by atoms with Gasteiger partial charge in [-0.15, -0.1) is 11.3 Å². The average Bonchev–Trinajstić information content (AvgIpc) is 2.70. The molecular formula is C17H22ClNS. The molecule has 0 spiro atoms. The van der Waals surface area contributed by atoms with E-state index in [0.29, 0.717) is 12.0 Å². The van der Waals surface area contributed by atoms with Crippen molar-refractivity contribution < 1.29 is 0 Å². The van der Waals surface area contributed by atoms with Crippen LogP contribution in [0, 0.1) is 19.8 Å². The molecular weight excluding hydrogens is 286 g/mol. The van der Waals surface area contributed by atoms with Gasteiger partial charge in [0.05, 0.1) is 0 Å². The Morgan fingerprint density at radius 2 is 1.80 bits per heavy atom. The van der Waals surface area contributed by atoms with E-state index in [1.165, 1.54) is 20.9 Å². The second kappa shape index (κ2) is 6.75. The van der Waals surface area contributed by atoms with Crippen molar-refractivity contribution in [3.05, 3.63) is 56.2 Å². The normalized spacial score (nSPS) is 12.9. The first-order valence-corrected chi connectivity index (χ1v) is 8.21. The topological polar surface area (TPSA) is 12.0 Å². The first-order chi connectivity index (χ1) is 9.47. The molecule has 2 aromatic rings. The van der Waals surface area contributed by atoms with Crippen molar-refractivity contribution in [2.24, 2.45) is 5.92 Å². The Labute approximate surface area is 131 Å². The molecule has 0 amide bonds. The number of aryl methyl sites for hydroxylation is 2. The van der Waals surface area contributed by atoms with Gasteiger partial charge in [0, 0.05) is 27.4 Å². The van der Waals surface area contributed by atoms with E-state index in [9.17, 15) is 0 Å². The van der Waals surface area contributed by atoms with Crippen molar-refractivity contribution in [1.29, 1.82) is 0 Å². The molecule has 0 saturated carbocycles. The van der Waals surface area contributed by atoms with Crippen LogP contribution in [0.5, 0.6) is 0 Å². The van der Waals surface area contributed by atoms with Crippen molar-refractivity contribution in [3.63, 3.8) is 0 Å². The third-order valence-electron chi connectivity index (χ3n) is 3.55. The van der Waals surface area contributed by atoms with Gasteiger partial charge in [0.2, 0.25) is 0 Å². The van der Waals surface area contributed by atoms with Gasteiger partial charge in [-0.05, 0) is 49.1 Å². The van der Waals surface area contributed by atoms with E-state index in [1.54, 1.807) is 0 Å². The van der Waals surface area contributed by atoms with E-state index < -0.39 is 0 Å². The largest absolute Gasteiger partial charge is 0.306 e. The maximum absolute atomic E-state index is 5.97. The molecule has 0 aliphatic carbocycles. The summed E-state index contributed by atoms with van der Waals surface area (Å²) in [5.41, 5.74) is 2.71. The highest BCUT2D eigenvalue weighted by Crippen LogP contribution is 2.25. The lowest BCUT2D eigenvalue weighted by atomic mass is 9.96. The fraction of sp³-hybridized carbons (Fsp3) is 0.412. The molecule has 1 aromatic carbocycles. The van der Waals surface area contributed by atoms with Gasteiger partial charge in [0.15, 0.2) is 0 Å². The smallest absolute Gasteiger partial charge is 0.0406 e. The summed E-state index contributed by atoms with van der Waals surface area (Å²) in [7, 11) is 0. The Morgan fingerprint density at radius 3 is 2.30 bits per heavy atom. The van der Waals surface area contributed by atoms with Crippen LogP contribution in [0.2, 0.25) is 5.02 Å². The zero-order valence-electron chi connectivity index (χ0n) is 12.5. The lowest BCUT2D eigenvalue weighted by molar-refractivity contribution is 0.410. The maximum atomic E-state index is 5.97. The monoisotopic (exact) mass is 307 g/mol. The highest BCUT2D eigenvalue weighted by atomic mass is 35.5. The van der Waals surface area contributed by atoms with Crippen molar-refractivity contribution in [2.75, 3.05) is 0 Å². The minimum absolute atomic E-state index is 0.354. The second-order valence-electron chi connectivity index (χ2n) is 5.59. The zero-order chi connectivity index (χ0) is 14.7. The molecule has 0 saturated heterocycles. The van der Waals surface area contributed by atoms with E-state index in [1.807, 2.05) is 23.5 Å². The molecule has 0 fully saturated rings. The standard InChI is InChI=1S/C17H22ClNS/c1-11(2)17(14-5-7-16(18)8-6-14)19-10-15-9-12(3)20-13(15)4/h5-9,11,17,19H,10H2,1-4H3. The van der Waals surface area contributed by atoms with E-state index in [-0.39, 0.29) is 0 Å². The Balaban J connectivity index is 2.10. The summed E-state index contributed by atoms with van der Waals surface area (Å²) in [5, 5.41) is 4.48. The average molecular weight is 308 g/mol. The van der Waals surface area contributed by atoms with E-state index >= 15 is 0 Å². The molecule has 1 N–H and O–H groups in total. The molecule has 1 aromatic heterocycles. The first kappa shape index (κ1) is 15.6. The van der Waals surface area contributed by atoms with Crippen LogP contribution >= 0.6 is 22.9 Å². The minimum Gasteiger partial charge on any atom is -0.306 e. The SMILES string of the molecule is Cc1cc(CNC(c2ccc(Cl)cc2)C(C)C)c(C)s1. The first-order valence-electron chi connectivity index (χ1n) is 7.02. The Morgan fingerprint density at radius 1 is 1.15 bits per heavy atom. The van der Waals surface area contributed by atoms with Crippen LogP contribution in [0.15, 0.2) is 30.3 Å². The predicted molar refractivity (Wildman–Crippen MR) is 89.7 cm³/mol. The molecule has 1 atom stereocenters. The summed E-state index contributed by atoms with van der Waals surface area (Å²) in [6.45, 7) is 9.78. The van der Waals surface area contributed by atoms with Crippen LogP contribution in [-0.4, -0.2) is 0 Å². The summed E-state index contributed by atoms with van der Waals surface area (Å²) in [4.78, 5) is 2.79. The van der Waals surface area contributed by atoms with Crippen LogP contribution in [0.25, 0.3) is 0 Å². The molecule has 1 heterocycles. The summed E-state index contributed by atoms with van der Waals surface area (Å²) in [6.07, 6.45) is 0. The molecule has 3 heteroatoms. The van der Waals surface area contributed by atoms with Crippen LogP contribution in [0.3, 0.4) is 0 Å². The fourth-order valence-electron chi connectivity index (χ4n) is 2.49. The van der Waals surface area contributed by atoms with Crippen molar-refractivity contribution in [1.82, 2.24) is 5.32 Å². The number of hydrogen-bond acceptors (Lipinski definition) is 2. The van der Waals surface area contributed by atoms with Gasteiger partial charge in [0.1, 0.15) is 0 Å². The minimum atomic E-state index is 0.354. The van der Waals surface area contributed by atoms with Crippen LogP contribution in [0.4, 0.5) is 0 Å². The Hall–Kier alpha value is -0.830. The highest BCUT2D eigenvalue weighted by Gasteiger charge is 2.15. The van der Waals surface area contributed by atoms with Crippen LogP contribution < -0.4 is 5.32 Å². The van der Waals surface area contributed by atoms with Gasteiger partial charge in [-0.2, -0.15) is 0 Å². The lowest BCUT2D eigenvalue weighted by Gasteiger charge is -2.23. The van der Waals surface area contributed by atoms with Gasteiger partial charge in [0.25, 0.3) is 0 Å². The van der Waals surface area contributed by atoms with Crippen molar-refractivity contribution in [3.8, 4) is 0 Å². The molecule has 0 aliphatic heterocycles. The number of halogens is 1. The van der Waals surface area contributed by atoms with E-state index in [2.05, 4.69) is 51.2 Å². The summed E-state index contributed by atoms with van der Waals surface area (Å²) < 4.78 is 0. The van der Waals surface area contributed by atoms with Crippen molar-refractivity contribution >= 4 is 22.9 Å². The Kier molecular flexibility index (Phi) is 5.25. The molecule has 0 radical (unpaired) electrons. The third-order valence-corrected chi connectivity index (χ3v) is 4.81.